The number of hydrogen-bond donors (Lipinski definition) is 2. The molecule has 2 aliphatic heterocycles. The molecule has 0 amide bonds. The van der Waals surface area contributed by atoms with Gasteiger partial charge in [-0.15, -0.1) is 0 Å². The number of benzene rings is 2. The highest BCUT2D eigenvalue weighted by atomic mass is 35.5. The number of ether oxygens (including phenoxy) is 3. The molecule has 2 N–H and O–H groups in total. The third-order valence-electron chi connectivity index (χ3n) is 5.57. The predicted octanol–water partition coefficient (Wildman–Crippen LogP) is 3.41. The van der Waals surface area contributed by atoms with Crippen LogP contribution in [0.3, 0.4) is 0 Å². The molecule has 0 radical (unpaired) electrons. The number of aliphatic hydroxyl groups is 2. The first-order valence-electron chi connectivity index (χ1n) is 9.56. The normalized spacial score (nSPS) is 31.8. The summed E-state index contributed by atoms with van der Waals surface area (Å²) in [5, 5.41) is 21.2. The van der Waals surface area contributed by atoms with Crippen molar-refractivity contribution in [2.24, 2.45) is 0 Å². The molecule has 0 aliphatic carbocycles. The second-order valence-corrected chi connectivity index (χ2v) is 8.14. The van der Waals surface area contributed by atoms with Crippen molar-refractivity contribution in [2.45, 2.75) is 50.3 Å². The fraction of sp³-hybridized carbons (Fsp3) is 0.455. The zero-order valence-corrected chi connectivity index (χ0v) is 16.8. The molecule has 5 nitrogen and oxygen atoms in total. The summed E-state index contributed by atoms with van der Waals surface area (Å²) in [4.78, 5) is 0. The molecule has 0 spiro atoms. The van der Waals surface area contributed by atoms with Gasteiger partial charge in [0.15, 0.2) is 5.79 Å². The Kier molecular flexibility index (Phi) is 5.14. The molecule has 2 fully saturated rings. The predicted molar refractivity (Wildman–Crippen MR) is 106 cm³/mol. The third kappa shape index (κ3) is 3.42. The van der Waals surface area contributed by atoms with E-state index in [0.29, 0.717) is 18.1 Å². The minimum absolute atomic E-state index is 0.174. The van der Waals surface area contributed by atoms with Crippen LogP contribution in [0.1, 0.15) is 37.0 Å². The van der Waals surface area contributed by atoms with E-state index in [1.165, 1.54) is 0 Å². The highest BCUT2D eigenvalue weighted by Gasteiger charge is 2.60. The summed E-state index contributed by atoms with van der Waals surface area (Å²) >= 11 is 6.45. The highest BCUT2D eigenvalue weighted by Crippen LogP contribution is 2.49. The average molecular weight is 405 g/mol. The lowest BCUT2D eigenvalue weighted by molar-refractivity contribution is -0.271. The molecule has 2 aromatic rings. The molecule has 2 bridgehead atoms. The van der Waals surface area contributed by atoms with Crippen LogP contribution >= 0.6 is 11.6 Å². The Bertz CT molecular complexity index is 855. The minimum Gasteiger partial charge on any atom is -0.494 e. The summed E-state index contributed by atoms with van der Waals surface area (Å²) in [6, 6.07) is 13.6. The molecule has 2 heterocycles. The van der Waals surface area contributed by atoms with Gasteiger partial charge < -0.3 is 24.4 Å². The SMILES string of the molecule is CCOc1ccc(Cc2cc([C@]34C[C@@H](O)[C@H](O)[C@](C)(CO3)O4)ccc2Cl)cc1. The third-order valence-corrected chi connectivity index (χ3v) is 5.94. The van der Waals surface area contributed by atoms with Crippen molar-refractivity contribution in [1.29, 1.82) is 0 Å². The molecular formula is C22H25ClO5. The van der Waals surface area contributed by atoms with Crippen LogP contribution in [0.5, 0.6) is 5.75 Å². The largest absolute Gasteiger partial charge is 0.494 e. The van der Waals surface area contributed by atoms with E-state index in [-0.39, 0.29) is 13.0 Å². The molecule has 4 atom stereocenters. The van der Waals surface area contributed by atoms with Crippen molar-refractivity contribution in [1.82, 2.24) is 0 Å². The summed E-state index contributed by atoms with van der Waals surface area (Å²) in [7, 11) is 0. The van der Waals surface area contributed by atoms with Crippen LogP contribution in [0.25, 0.3) is 0 Å². The van der Waals surface area contributed by atoms with E-state index in [2.05, 4.69) is 0 Å². The molecule has 150 valence electrons. The molecule has 0 aromatic heterocycles. The Balaban J connectivity index is 1.61. The molecule has 0 unspecified atom stereocenters. The number of fused-ring (bicyclic) bond motifs is 2. The minimum atomic E-state index is -1.06. The lowest BCUT2D eigenvalue weighted by atomic mass is 9.86. The molecule has 2 aliphatic rings. The van der Waals surface area contributed by atoms with E-state index >= 15 is 0 Å². The van der Waals surface area contributed by atoms with Gasteiger partial charge in [-0.3, -0.25) is 0 Å². The van der Waals surface area contributed by atoms with Gasteiger partial charge in [0.25, 0.3) is 0 Å². The van der Waals surface area contributed by atoms with Gasteiger partial charge in [0.1, 0.15) is 17.5 Å². The quantitative estimate of drug-likeness (QED) is 0.799. The number of hydrogen-bond acceptors (Lipinski definition) is 5. The summed E-state index contributed by atoms with van der Waals surface area (Å²) in [6.45, 7) is 4.58. The van der Waals surface area contributed by atoms with Crippen LogP contribution in [0, 0.1) is 0 Å². The molecule has 4 rings (SSSR count). The van der Waals surface area contributed by atoms with E-state index in [0.717, 1.165) is 22.4 Å². The Morgan fingerprint density at radius 2 is 1.93 bits per heavy atom. The fourth-order valence-corrected chi connectivity index (χ4v) is 4.22. The van der Waals surface area contributed by atoms with Crippen LogP contribution in [-0.2, 0) is 21.7 Å². The van der Waals surface area contributed by atoms with Crippen LogP contribution in [0.15, 0.2) is 42.5 Å². The molecule has 28 heavy (non-hydrogen) atoms. The molecule has 0 saturated carbocycles. The topological polar surface area (TPSA) is 68.2 Å². The second kappa shape index (κ2) is 7.32. The van der Waals surface area contributed by atoms with Crippen LogP contribution in [0.2, 0.25) is 5.02 Å². The maximum absolute atomic E-state index is 10.3. The Morgan fingerprint density at radius 3 is 2.64 bits per heavy atom. The standard InChI is InChI=1S/C22H25ClO5/c1-3-26-17-7-4-14(5-8-17)10-15-11-16(6-9-18(15)23)22-12-19(24)20(25)21(2,28-22)13-27-22/h4-9,11,19-20,24-25H,3,10,12-13H2,1-2H3/t19-,20+,21+,22-/m1/s1. The second-order valence-electron chi connectivity index (χ2n) is 7.73. The van der Waals surface area contributed by atoms with Crippen molar-refractivity contribution in [3.63, 3.8) is 0 Å². The maximum atomic E-state index is 10.3. The Labute approximate surface area is 169 Å². The Hall–Kier alpha value is -1.63. The average Bonchev–Trinajstić information content (AvgIpc) is 2.99. The van der Waals surface area contributed by atoms with E-state index in [1.807, 2.05) is 49.4 Å². The van der Waals surface area contributed by atoms with Crippen LogP contribution in [-0.4, -0.2) is 41.2 Å². The van der Waals surface area contributed by atoms with Gasteiger partial charge >= 0.3 is 0 Å². The summed E-state index contributed by atoms with van der Waals surface area (Å²) in [6.07, 6.45) is -1.06. The fourth-order valence-electron chi connectivity index (χ4n) is 4.03. The monoisotopic (exact) mass is 404 g/mol. The first-order chi connectivity index (χ1) is 13.3. The van der Waals surface area contributed by atoms with E-state index in [9.17, 15) is 10.2 Å². The number of aliphatic hydroxyl groups excluding tert-OH is 2. The van der Waals surface area contributed by atoms with Gasteiger partial charge in [-0.2, -0.15) is 0 Å². The van der Waals surface area contributed by atoms with Crippen molar-refractivity contribution < 1.29 is 24.4 Å². The Morgan fingerprint density at radius 1 is 1.18 bits per heavy atom. The van der Waals surface area contributed by atoms with E-state index < -0.39 is 23.6 Å². The lowest BCUT2D eigenvalue weighted by Crippen LogP contribution is -2.55. The zero-order valence-electron chi connectivity index (χ0n) is 16.0. The van der Waals surface area contributed by atoms with Gasteiger partial charge in [-0.25, -0.2) is 0 Å². The van der Waals surface area contributed by atoms with Gasteiger partial charge in [-0.05, 0) is 55.7 Å². The number of halogens is 1. The lowest BCUT2D eigenvalue weighted by Gasteiger charge is -2.42. The summed E-state index contributed by atoms with van der Waals surface area (Å²) in [5.74, 6) is -0.224. The van der Waals surface area contributed by atoms with Crippen LogP contribution < -0.4 is 4.74 Å². The molecule has 2 aromatic carbocycles. The van der Waals surface area contributed by atoms with Gasteiger partial charge in [0.05, 0.1) is 19.3 Å². The zero-order chi connectivity index (χ0) is 19.9. The molecular weight excluding hydrogens is 380 g/mol. The van der Waals surface area contributed by atoms with Gasteiger partial charge in [0, 0.05) is 17.0 Å². The van der Waals surface area contributed by atoms with Crippen molar-refractivity contribution in [3.05, 3.63) is 64.2 Å². The summed E-state index contributed by atoms with van der Waals surface area (Å²) in [5.41, 5.74) is 1.93. The maximum Gasteiger partial charge on any atom is 0.198 e. The van der Waals surface area contributed by atoms with E-state index in [1.54, 1.807) is 6.92 Å². The van der Waals surface area contributed by atoms with Gasteiger partial charge in [0.2, 0.25) is 0 Å². The van der Waals surface area contributed by atoms with Crippen molar-refractivity contribution in [2.75, 3.05) is 13.2 Å². The highest BCUT2D eigenvalue weighted by molar-refractivity contribution is 6.31. The van der Waals surface area contributed by atoms with Crippen molar-refractivity contribution >= 4 is 11.6 Å². The summed E-state index contributed by atoms with van der Waals surface area (Å²) < 4.78 is 17.6. The van der Waals surface area contributed by atoms with Crippen molar-refractivity contribution in [3.8, 4) is 5.75 Å². The first kappa shape index (κ1) is 19.7. The molecule has 6 heteroatoms. The molecule has 2 saturated heterocycles. The first-order valence-corrected chi connectivity index (χ1v) is 9.94. The van der Waals surface area contributed by atoms with Crippen LogP contribution in [0.4, 0.5) is 0 Å². The van der Waals surface area contributed by atoms with E-state index in [4.69, 9.17) is 25.8 Å². The van der Waals surface area contributed by atoms with Gasteiger partial charge in [-0.1, -0.05) is 29.8 Å². The number of rotatable bonds is 5. The smallest absolute Gasteiger partial charge is 0.198 e.